The number of hydrogen-bond acceptors (Lipinski definition) is 5. The zero-order chi connectivity index (χ0) is 18.4. The van der Waals surface area contributed by atoms with Gasteiger partial charge in [0.05, 0.1) is 4.91 Å². The molecule has 1 aliphatic rings. The van der Waals surface area contributed by atoms with Crippen molar-refractivity contribution in [1.29, 1.82) is 0 Å². The molecule has 1 heterocycles. The van der Waals surface area contributed by atoms with Gasteiger partial charge in [-0.15, -0.1) is 0 Å². The highest BCUT2D eigenvalue weighted by atomic mass is 32.2. The third-order valence-corrected chi connectivity index (χ3v) is 4.55. The molecule has 0 unspecified atom stereocenters. The van der Waals surface area contributed by atoms with Crippen molar-refractivity contribution in [3.63, 3.8) is 0 Å². The van der Waals surface area contributed by atoms with Crippen molar-refractivity contribution >= 4 is 35.0 Å². The van der Waals surface area contributed by atoms with E-state index in [1.165, 1.54) is 5.56 Å². The summed E-state index contributed by atoms with van der Waals surface area (Å²) in [6, 6.07) is 16.8. The molecule has 26 heavy (non-hydrogen) atoms. The summed E-state index contributed by atoms with van der Waals surface area (Å²) in [7, 11) is 0. The highest BCUT2D eigenvalue weighted by Gasteiger charge is 2.24. The Morgan fingerprint density at radius 3 is 2.42 bits per heavy atom. The van der Waals surface area contributed by atoms with E-state index in [-0.39, 0.29) is 11.2 Å². The van der Waals surface area contributed by atoms with E-state index in [2.05, 4.69) is 5.32 Å². The van der Waals surface area contributed by atoms with Crippen molar-refractivity contribution in [2.75, 3.05) is 0 Å². The molecule has 0 saturated carbocycles. The number of rotatable bonds is 6. The molecule has 0 bridgehead atoms. The minimum atomic E-state index is -0.395. The van der Waals surface area contributed by atoms with E-state index in [0.717, 1.165) is 30.2 Å². The molecule has 0 radical (unpaired) electrons. The predicted octanol–water partition coefficient (Wildman–Crippen LogP) is 3.94. The first kappa shape index (κ1) is 17.9. The maximum atomic E-state index is 11.9. The summed E-state index contributed by atoms with van der Waals surface area (Å²) in [5.74, 6) is -0.214. The Morgan fingerprint density at radius 1 is 1.04 bits per heavy atom. The Morgan fingerprint density at radius 2 is 1.77 bits per heavy atom. The highest BCUT2D eigenvalue weighted by Crippen LogP contribution is 2.26. The number of benzene rings is 2. The molecule has 5 nitrogen and oxygen atoms in total. The van der Waals surface area contributed by atoms with Gasteiger partial charge in [-0.25, -0.2) is 0 Å². The lowest BCUT2D eigenvalue weighted by Gasteiger charge is -2.05. The smallest absolute Gasteiger partial charge is 0.311 e. The van der Waals surface area contributed by atoms with Crippen LogP contribution in [0.3, 0.4) is 0 Å². The first-order chi connectivity index (χ1) is 12.6. The van der Waals surface area contributed by atoms with Crippen LogP contribution >= 0.6 is 11.8 Å². The van der Waals surface area contributed by atoms with Gasteiger partial charge in [-0.1, -0.05) is 42.5 Å². The quantitative estimate of drug-likeness (QED) is 0.476. The number of ether oxygens (including phenoxy) is 1. The molecule has 2 aromatic rings. The number of nitrogens with one attached hydrogen (secondary N) is 1. The molecule has 2 amide bonds. The molecule has 1 saturated heterocycles. The van der Waals surface area contributed by atoms with Crippen LogP contribution in [0.4, 0.5) is 4.79 Å². The fourth-order valence-electron chi connectivity index (χ4n) is 2.47. The van der Waals surface area contributed by atoms with Crippen molar-refractivity contribution in [2.24, 2.45) is 0 Å². The Labute approximate surface area is 155 Å². The van der Waals surface area contributed by atoms with E-state index < -0.39 is 5.91 Å². The molecular formula is C20H17NO4S. The molecule has 1 N–H and O–H groups in total. The number of thioether (sulfide) groups is 1. The summed E-state index contributed by atoms with van der Waals surface area (Å²) in [5.41, 5.74) is 1.95. The van der Waals surface area contributed by atoms with Crippen LogP contribution in [-0.2, 0) is 16.0 Å². The summed E-state index contributed by atoms with van der Waals surface area (Å²) >= 11 is 0.867. The van der Waals surface area contributed by atoms with Crippen molar-refractivity contribution in [3.8, 4) is 5.75 Å². The zero-order valence-electron chi connectivity index (χ0n) is 13.9. The number of esters is 1. The second kappa shape index (κ2) is 8.49. The lowest BCUT2D eigenvalue weighted by molar-refractivity contribution is -0.134. The summed E-state index contributed by atoms with van der Waals surface area (Å²) in [4.78, 5) is 34.9. The lowest BCUT2D eigenvalue weighted by Crippen LogP contribution is -2.17. The van der Waals surface area contributed by atoms with Crippen LogP contribution in [0.5, 0.6) is 5.75 Å². The number of aryl methyl sites for hydroxylation is 1. The van der Waals surface area contributed by atoms with Crippen molar-refractivity contribution in [3.05, 3.63) is 70.6 Å². The Hall–Kier alpha value is -2.86. The van der Waals surface area contributed by atoms with Crippen molar-refractivity contribution in [1.82, 2.24) is 5.32 Å². The van der Waals surface area contributed by atoms with Crippen molar-refractivity contribution in [2.45, 2.75) is 19.3 Å². The van der Waals surface area contributed by atoms with Crippen LogP contribution in [0, 0.1) is 0 Å². The topological polar surface area (TPSA) is 72.5 Å². The van der Waals surface area contributed by atoms with Gasteiger partial charge in [0.2, 0.25) is 0 Å². The number of hydrogen-bond donors (Lipinski definition) is 1. The van der Waals surface area contributed by atoms with Gasteiger partial charge >= 0.3 is 5.97 Å². The van der Waals surface area contributed by atoms with Crippen LogP contribution in [0.25, 0.3) is 6.08 Å². The maximum Gasteiger partial charge on any atom is 0.311 e. The monoisotopic (exact) mass is 367 g/mol. The SMILES string of the molecule is O=C(CCCc1ccccc1)Oc1ccc(C=C2SC(=O)NC2=O)cc1. The van der Waals surface area contributed by atoms with Crippen LogP contribution in [-0.4, -0.2) is 17.1 Å². The fraction of sp³-hybridized carbons (Fsp3) is 0.150. The number of carbonyl (C=O) groups is 3. The molecule has 1 aliphatic heterocycles. The average Bonchev–Trinajstić information content (AvgIpc) is 2.95. The first-order valence-electron chi connectivity index (χ1n) is 8.20. The van der Waals surface area contributed by atoms with E-state index in [0.29, 0.717) is 17.1 Å². The predicted molar refractivity (Wildman–Crippen MR) is 101 cm³/mol. The van der Waals surface area contributed by atoms with Gasteiger partial charge in [-0.2, -0.15) is 0 Å². The summed E-state index contributed by atoms with van der Waals surface area (Å²) in [6.45, 7) is 0. The third-order valence-electron chi connectivity index (χ3n) is 3.74. The fourth-order valence-corrected chi connectivity index (χ4v) is 3.15. The number of amides is 2. The molecule has 132 valence electrons. The van der Waals surface area contributed by atoms with Gasteiger partial charge in [-0.05, 0) is 53.9 Å². The van der Waals surface area contributed by atoms with E-state index >= 15 is 0 Å². The van der Waals surface area contributed by atoms with Gasteiger partial charge in [0, 0.05) is 6.42 Å². The standard InChI is InChI=1S/C20H17NO4S/c22-18(8-4-7-14-5-2-1-3-6-14)25-16-11-9-15(10-12-16)13-17-19(23)21-20(24)26-17/h1-3,5-6,9-13H,4,7-8H2,(H,21,23,24). The summed E-state index contributed by atoms with van der Waals surface area (Å²) < 4.78 is 5.32. The molecule has 0 aliphatic carbocycles. The summed E-state index contributed by atoms with van der Waals surface area (Å²) in [6.07, 6.45) is 3.53. The molecule has 0 atom stereocenters. The van der Waals surface area contributed by atoms with Crippen LogP contribution in [0.1, 0.15) is 24.0 Å². The molecular weight excluding hydrogens is 350 g/mol. The van der Waals surface area contributed by atoms with Gasteiger partial charge in [-0.3, -0.25) is 19.7 Å². The van der Waals surface area contributed by atoms with Crippen LogP contribution in [0.2, 0.25) is 0 Å². The van der Waals surface area contributed by atoms with E-state index in [1.54, 1.807) is 30.3 Å². The molecule has 6 heteroatoms. The minimum Gasteiger partial charge on any atom is -0.427 e. The number of carbonyl (C=O) groups excluding carboxylic acids is 3. The largest absolute Gasteiger partial charge is 0.427 e. The average molecular weight is 367 g/mol. The van der Waals surface area contributed by atoms with E-state index in [4.69, 9.17) is 4.74 Å². The second-order valence-electron chi connectivity index (χ2n) is 5.73. The normalized spacial score (nSPS) is 15.2. The van der Waals surface area contributed by atoms with Crippen LogP contribution < -0.4 is 10.1 Å². The maximum absolute atomic E-state index is 11.9. The van der Waals surface area contributed by atoms with Gasteiger partial charge in [0.1, 0.15) is 5.75 Å². The summed E-state index contributed by atoms with van der Waals surface area (Å²) in [5, 5.41) is 1.83. The van der Waals surface area contributed by atoms with Gasteiger partial charge < -0.3 is 4.74 Å². The molecule has 3 rings (SSSR count). The Kier molecular flexibility index (Phi) is 5.86. The van der Waals surface area contributed by atoms with Gasteiger partial charge in [0.15, 0.2) is 0 Å². The second-order valence-corrected chi connectivity index (χ2v) is 6.75. The lowest BCUT2D eigenvalue weighted by atomic mass is 10.1. The van der Waals surface area contributed by atoms with E-state index in [9.17, 15) is 14.4 Å². The number of imide groups is 1. The molecule has 0 aromatic heterocycles. The first-order valence-corrected chi connectivity index (χ1v) is 9.01. The molecule has 1 fully saturated rings. The minimum absolute atomic E-state index is 0.275. The zero-order valence-corrected chi connectivity index (χ0v) is 14.8. The highest BCUT2D eigenvalue weighted by molar-refractivity contribution is 8.18. The van der Waals surface area contributed by atoms with Crippen molar-refractivity contribution < 1.29 is 19.1 Å². The van der Waals surface area contributed by atoms with E-state index in [1.807, 2.05) is 30.3 Å². The Bertz CT molecular complexity index is 844. The third kappa shape index (κ3) is 5.07. The van der Waals surface area contributed by atoms with Crippen LogP contribution in [0.15, 0.2) is 59.5 Å². The molecule has 0 spiro atoms. The Balaban J connectivity index is 1.49. The van der Waals surface area contributed by atoms with Gasteiger partial charge in [0.25, 0.3) is 11.1 Å². The molecule has 2 aromatic carbocycles.